The number of benzene rings is 1. The van der Waals surface area contributed by atoms with Crippen LogP contribution in [0.1, 0.15) is 36.3 Å². The van der Waals surface area contributed by atoms with Gasteiger partial charge in [-0.25, -0.2) is 4.39 Å². The second-order valence-corrected chi connectivity index (χ2v) is 7.62. The summed E-state index contributed by atoms with van der Waals surface area (Å²) in [7, 11) is 1.92. The van der Waals surface area contributed by atoms with Crippen LogP contribution in [0.5, 0.6) is 0 Å². The fourth-order valence-corrected chi connectivity index (χ4v) is 4.20. The molecule has 0 spiro atoms. The predicted octanol–water partition coefficient (Wildman–Crippen LogP) is 2.87. The predicted molar refractivity (Wildman–Crippen MR) is 97.1 cm³/mol. The number of hydrogen-bond acceptors (Lipinski definition) is 3. The molecule has 1 aliphatic carbocycles. The molecular weight excluding hydrogens is 315 g/mol. The van der Waals surface area contributed by atoms with Gasteiger partial charge in [-0.3, -0.25) is 9.58 Å². The van der Waals surface area contributed by atoms with E-state index < -0.39 is 6.17 Å². The number of aromatic nitrogens is 2. The van der Waals surface area contributed by atoms with Gasteiger partial charge in [-0.15, -0.1) is 0 Å². The third-order valence-electron chi connectivity index (χ3n) is 5.67. The summed E-state index contributed by atoms with van der Waals surface area (Å²) in [5, 5.41) is 7.89. The Bertz CT molecular complexity index is 680. The van der Waals surface area contributed by atoms with Crippen molar-refractivity contribution in [1.82, 2.24) is 20.0 Å². The zero-order chi connectivity index (χ0) is 17.2. The maximum absolute atomic E-state index is 13.9. The molecule has 2 atom stereocenters. The van der Waals surface area contributed by atoms with Crippen LogP contribution in [0.15, 0.2) is 42.7 Å². The summed E-state index contributed by atoms with van der Waals surface area (Å²) in [6.45, 7) is 2.21. The second kappa shape index (κ2) is 7.26. The number of aryl methyl sites for hydroxylation is 1. The Labute approximate surface area is 149 Å². The third-order valence-corrected chi connectivity index (χ3v) is 5.67. The summed E-state index contributed by atoms with van der Waals surface area (Å²) in [6.07, 6.45) is 6.22. The van der Waals surface area contributed by atoms with Crippen LogP contribution >= 0.6 is 0 Å². The third kappa shape index (κ3) is 3.93. The molecule has 2 aliphatic rings. The van der Waals surface area contributed by atoms with E-state index in [9.17, 15) is 4.39 Å². The van der Waals surface area contributed by atoms with E-state index in [0.717, 1.165) is 18.7 Å². The van der Waals surface area contributed by atoms with E-state index in [2.05, 4.69) is 45.6 Å². The number of rotatable bonds is 6. The lowest BCUT2D eigenvalue weighted by Gasteiger charge is -2.37. The summed E-state index contributed by atoms with van der Waals surface area (Å²) < 4.78 is 15.8. The minimum atomic E-state index is -0.707. The highest BCUT2D eigenvalue weighted by atomic mass is 19.1. The van der Waals surface area contributed by atoms with Gasteiger partial charge < -0.3 is 5.32 Å². The molecular formula is C20H27FN4. The number of nitrogens with one attached hydrogen (secondary N) is 1. The Morgan fingerprint density at radius 1 is 1.20 bits per heavy atom. The van der Waals surface area contributed by atoms with E-state index in [-0.39, 0.29) is 6.04 Å². The van der Waals surface area contributed by atoms with Crippen molar-refractivity contribution in [2.75, 3.05) is 13.1 Å². The van der Waals surface area contributed by atoms with E-state index >= 15 is 0 Å². The molecule has 0 radical (unpaired) electrons. The molecule has 0 bridgehead atoms. The molecule has 1 saturated carbocycles. The van der Waals surface area contributed by atoms with Crippen LogP contribution in [0.25, 0.3) is 0 Å². The quantitative estimate of drug-likeness (QED) is 0.876. The largest absolute Gasteiger partial charge is 0.312 e. The number of likely N-dealkylation sites (tertiary alicyclic amines) is 1. The first-order chi connectivity index (χ1) is 12.2. The van der Waals surface area contributed by atoms with Crippen molar-refractivity contribution in [3.05, 3.63) is 53.9 Å². The minimum Gasteiger partial charge on any atom is -0.312 e. The van der Waals surface area contributed by atoms with E-state index in [0.29, 0.717) is 24.9 Å². The van der Waals surface area contributed by atoms with Gasteiger partial charge in [-0.1, -0.05) is 30.3 Å². The highest BCUT2D eigenvalue weighted by molar-refractivity contribution is 5.22. The molecule has 0 amide bonds. The summed E-state index contributed by atoms with van der Waals surface area (Å²) >= 11 is 0. The monoisotopic (exact) mass is 342 g/mol. The Hall–Kier alpha value is -1.72. The average Bonchev–Trinajstić information content (AvgIpc) is 3.13. The van der Waals surface area contributed by atoms with Gasteiger partial charge in [0, 0.05) is 50.5 Å². The Morgan fingerprint density at radius 2 is 2.00 bits per heavy atom. The van der Waals surface area contributed by atoms with E-state index in [1.54, 1.807) is 0 Å². The van der Waals surface area contributed by atoms with Crippen LogP contribution in [0.2, 0.25) is 0 Å². The number of nitrogens with zero attached hydrogens (tertiary/aromatic N) is 3. The highest BCUT2D eigenvalue weighted by Gasteiger charge is 2.34. The Morgan fingerprint density at radius 3 is 2.72 bits per heavy atom. The molecule has 4 rings (SSSR count). The van der Waals surface area contributed by atoms with Crippen LogP contribution < -0.4 is 5.32 Å². The number of hydrogen-bond donors (Lipinski definition) is 1. The molecule has 1 aromatic heterocycles. The summed E-state index contributed by atoms with van der Waals surface area (Å²) in [4.78, 5) is 2.27. The van der Waals surface area contributed by atoms with Crippen molar-refractivity contribution in [2.24, 2.45) is 7.05 Å². The van der Waals surface area contributed by atoms with Crippen LogP contribution in [0, 0.1) is 0 Å². The lowest BCUT2D eigenvalue weighted by Crippen LogP contribution is -2.46. The van der Waals surface area contributed by atoms with Gasteiger partial charge in [0.2, 0.25) is 0 Å². The molecule has 4 nitrogen and oxygen atoms in total. The van der Waals surface area contributed by atoms with Gasteiger partial charge in [-0.05, 0) is 30.7 Å². The molecule has 2 heterocycles. The normalized spacial score (nSPS) is 29.7. The van der Waals surface area contributed by atoms with Crippen molar-refractivity contribution in [3.8, 4) is 0 Å². The Kier molecular flexibility index (Phi) is 4.86. The molecule has 25 heavy (non-hydrogen) atoms. The molecule has 2 aromatic rings. The molecule has 5 heteroatoms. The topological polar surface area (TPSA) is 33.1 Å². The first kappa shape index (κ1) is 16.7. The summed E-state index contributed by atoms with van der Waals surface area (Å²) in [5.74, 6) is 0.683. The summed E-state index contributed by atoms with van der Waals surface area (Å²) in [5.41, 5.74) is 2.61. The second-order valence-electron chi connectivity index (χ2n) is 7.62. The van der Waals surface area contributed by atoms with Gasteiger partial charge in [0.05, 0.1) is 6.20 Å². The van der Waals surface area contributed by atoms with Gasteiger partial charge in [0.25, 0.3) is 0 Å². The van der Waals surface area contributed by atoms with Crippen molar-refractivity contribution in [2.45, 2.75) is 50.0 Å². The SMILES string of the molecule is Cn1cc(CN2C[C@@H](F)C[C@H]2CNC2CC(c3ccccc3)C2)cn1. The molecule has 2 fully saturated rings. The molecule has 1 saturated heterocycles. The van der Waals surface area contributed by atoms with Crippen molar-refractivity contribution in [1.29, 1.82) is 0 Å². The molecule has 134 valence electrons. The molecule has 1 aromatic carbocycles. The van der Waals surface area contributed by atoms with E-state index in [4.69, 9.17) is 0 Å². The molecule has 0 unspecified atom stereocenters. The van der Waals surface area contributed by atoms with Gasteiger partial charge >= 0.3 is 0 Å². The van der Waals surface area contributed by atoms with Gasteiger partial charge in [0.15, 0.2) is 0 Å². The van der Waals surface area contributed by atoms with Gasteiger partial charge in [0.1, 0.15) is 6.17 Å². The minimum absolute atomic E-state index is 0.283. The first-order valence-electron chi connectivity index (χ1n) is 9.31. The zero-order valence-electron chi connectivity index (χ0n) is 14.8. The zero-order valence-corrected chi connectivity index (χ0v) is 14.8. The van der Waals surface area contributed by atoms with Gasteiger partial charge in [-0.2, -0.15) is 5.10 Å². The highest BCUT2D eigenvalue weighted by Crippen LogP contribution is 2.36. The maximum Gasteiger partial charge on any atom is 0.114 e. The Balaban J connectivity index is 1.26. The van der Waals surface area contributed by atoms with Crippen LogP contribution in [0.4, 0.5) is 4.39 Å². The summed E-state index contributed by atoms with van der Waals surface area (Å²) in [6, 6.07) is 11.6. The number of halogens is 1. The lowest BCUT2D eigenvalue weighted by atomic mass is 9.76. The maximum atomic E-state index is 13.9. The smallest absolute Gasteiger partial charge is 0.114 e. The van der Waals surface area contributed by atoms with E-state index in [1.165, 1.54) is 18.4 Å². The van der Waals surface area contributed by atoms with Crippen molar-refractivity contribution < 1.29 is 4.39 Å². The average molecular weight is 342 g/mol. The van der Waals surface area contributed by atoms with Crippen LogP contribution in [-0.4, -0.2) is 46.0 Å². The van der Waals surface area contributed by atoms with Crippen LogP contribution in [-0.2, 0) is 13.6 Å². The fraction of sp³-hybridized carbons (Fsp3) is 0.550. The van der Waals surface area contributed by atoms with Crippen molar-refractivity contribution >= 4 is 0 Å². The fourth-order valence-electron chi connectivity index (χ4n) is 4.20. The lowest BCUT2D eigenvalue weighted by molar-refractivity contribution is 0.209. The van der Waals surface area contributed by atoms with Crippen LogP contribution in [0.3, 0.4) is 0 Å². The molecule has 1 aliphatic heterocycles. The van der Waals surface area contributed by atoms with Crippen molar-refractivity contribution in [3.63, 3.8) is 0 Å². The number of alkyl halides is 1. The first-order valence-corrected chi connectivity index (χ1v) is 9.31. The standard InChI is InChI=1S/C20H27FN4/c1-24-12-15(10-23-24)13-25-14-18(21)9-20(25)11-22-19-7-17(8-19)16-5-3-2-4-6-16/h2-6,10,12,17-20,22H,7-9,11,13-14H2,1H3/t17?,18-,19?,20-/m0/s1. The molecule has 1 N–H and O–H groups in total. The van der Waals surface area contributed by atoms with E-state index in [1.807, 2.05) is 24.1 Å².